The van der Waals surface area contributed by atoms with E-state index in [1.807, 2.05) is 30.7 Å². The molecular weight excluding hydrogens is 325 g/mol. The molecule has 1 aromatic carbocycles. The van der Waals surface area contributed by atoms with Crippen LogP contribution in [-0.2, 0) is 9.59 Å². The third-order valence-electron chi connectivity index (χ3n) is 4.46. The van der Waals surface area contributed by atoms with E-state index in [2.05, 4.69) is 5.32 Å². The third-order valence-corrected chi connectivity index (χ3v) is 4.46. The fourth-order valence-electron chi connectivity index (χ4n) is 3.09. The Morgan fingerprint density at radius 1 is 1.28 bits per heavy atom. The normalized spacial score (nSPS) is 20.3. The zero-order chi connectivity index (χ0) is 18.4. The van der Waals surface area contributed by atoms with Crippen LogP contribution in [0.15, 0.2) is 24.3 Å². The van der Waals surface area contributed by atoms with Crippen LogP contribution in [0.1, 0.15) is 20.3 Å². The number of likely N-dealkylation sites (tertiary alicyclic amines) is 1. The molecule has 0 unspecified atom stereocenters. The number of nitrogens with one attached hydrogen (secondary N) is 1. The maximum Gasteiger partial charge on any atom is 0.258 e. The Labute approximate surface area is 147 Å². The third kappa shape index (κ3) is 5.16. The lowest BCUT2D eigenvalue weighted by molar-refractivity contribution is -0.135. The van der Waals surface area contributed by atoms with Crippen LogP contribution in [0, 0.1) is 5.82 Å². The molecule has 0 radical (unpaired) electrons. The summed E-state index contributed by atoms with van der Waals surface area (Å²) in [6, 6.07) is 5.22. The molecule has 2 atom stereocenters. The van der Waals surface area contributed by atoms with Crippen LogP contribution in [0.4, 0.5) is 4.39 Å². The summed E-state index contributed by atoms with van der Waals surface area (Å²) in [6.07, 6.45) is 0.591. The van der Waals surface area contributed by atoms with Crippen LogP contribution in [0.25, 0.3) is 0 Å². The van der Waals surface area contributed by atoms with E-state index in [-0.39, 0.29) is 36.3 Å². The van der Waals surface area contributed by atoms with Gasteiger partial charge in [-0.2, -0.15) is 0 Å². The molecule has 25 heavy (non-hydrogen) atoms. The number of carbonyl (C=O) groups excluding carboxylic acids is 2. The van der Waals surface area contributed by atoms with Gasteiger partial charge in [0.1, 0.15) is 11.6 Å². The van der Waals surface area contributed by atoms with E-state index in [0.717, 1.165) is 0 Å². The number of ether oxygens (including phenoxy) is 1. The molecule has 0 bridgehead atoms. The van der Waals surface area contributed by atoms with Gasteiger partial charge < -0.3 is 15.0 Å². The van der Waals surface area contributed by atoms with Crippen molar-refractivity contribution in [2.45, 2.75) is 32.4 Å². The van der Waals surface area contributed by atoms with Gasteiger partial charge in [-0.1, -0.05) is 0 Å². The Bertz CT molecular complexity index is 590. The van der Waals surface area contributed by atoms with Gasteiger partial charge in [0, 0.05) is 25.7 Å². The van der Waals surface area contributed by atoms with Crippen LogP contribution in [0.3, 0.4) is 0 Å². The van der Waals surface area contributed by atoms with E-state index in [1.165, 1.54) is 24.3 Å². The van der Waals surface area contributed by atoms with Gasteiger partial charge in [-0.05, 0) is 51.6 Å². The van der Waals surface area contributed by atoms with Crippen molar-refractivity contribution in [2.75, 3.05) is 33.3 Å². The highest BCUT2D eigenvalue weighted by Crippen LogP contribution is 2.18. The van der Waals surface area contributed by atoms with Gasteiger partial charge in [-0.25, -0.2) is 4.39 Å². The first-order chi connectivity index (χ1) is 11.9. The molecule has 0 aromatic heterocycles. The molecule has 0 aliphatic carbocycles. The number of nitrogens with zero attached hydrogens (tertiary/aromatic N) is 2. The van der Waals surface area contributed by atoms with E-state index in [9.17, 15) is 14.0 Å². The molecule has 1 aliphatic rings. The number of hydrogen-bond donors (Lipinski definition) is 1. The first-order valence-corrected chi connectivity index (χ1v) is 8.61. The fraction of sp³-hybridized carbons (Fsp3) is 0.556. The molecule has 1 N–H and O–H groups in total. The Hall–Kier alpha value is -2.15. The molecule has 1 aromatic rings. The number of carbonyl (C=O) groups is 2. The summed E-state index contributed by atoms with van der Waals surface area (Å²) in [5.74, 6) is -0.0603. The summed E-state index contributed by atoms with van der Waals surface area (Å²) in [4.78, 5) is 28.3. The van der Waals surface area contributed by atoms with Gasteiger partial charge in [0.25, 0.3) is 5.91 Å². The van der Waals surface area contributed by atoms with Crippen molar-refractivity contribution in [3.63, 3.8) is 0 Å². The maximum absolute atomic E-state index is 12.8. The van der Waals surface area contributed by atoms with Gasteiger partial charge in [-0.15, -0.1) is 0 Å². The maximum atomic E-state index is 12.8. The topological polar surface area (TPSA) is 61.9 Å². The number of rotatable bonds is 7. The predicted molar refractivity (Wildman–Crippen MR) is 92.8 cm³/mol. The van der Waals surface area contributed by atoms with Gasteiger partial charge in [0.15, 0.2) is 6.61 Å². The smallest absolute Gasteiger partial charge is 0.258 e. The largest absolute Gasteiger partial charge is 0.484 e. The highest BCUT2D eigenvalue weighted by Gasteiger charge is 2.36. The van der Waals surface area contributed by atoms with Crippen molar-refractivity contribution in [1.82, 2.24) is 15.1 Å². The molecule has 7 heteroatoms. The molecule has 6 nitrogen and oxygen atoms in total. The Kier molecular flexibility index (Phi) is 6.75. The highest BCUT2D eigenvalue weighted by molar-refractivity contribution is 5.83. The van der Waals surface area contributed by atoms with Crippen LogP contribution in [-0.4, -0.2) is 67.0 Å². The Morgan fingerprint density at radius 3 is 2.52 bits per heavy atom. The van der Waals surface area contributed by atoms with Crippen LogP contribution in [0.2, 0.25) is 0 Å². The SMILES string of the molecule is CCN(CC)C(=O)[C@@H]1C[C@@H](NC(=O)COc2ccc(F)cc2)CN1C. The molecule has 2 amide bonds. The molecule has 1 aliphatic heterocycles. The lowest BCUT2D eigenvalue weighted by Gasteiger charge is -2.26. The second kappa shape index (κ2) is 8.80. The van der Waals surface area contributed by atoms with Crippen molar-refractivity contribution < 1.29 is 18.7 Å². The highest BCUT2D eigenvalue weighted by atomic mass is 19.1. The lowest BCUT2D eigenvalue weighted by Crippen LogP contribution is -2.44. The first-order valence-electron chi connectivity index (χ1n) is 8.61. The molecule has 2 rings (SSSR count). The monoisotopic (exact) mass is 351 g/mol. The second-order valence-electron chi connectivity index (χ2n) is 6.21. The zero-order valence-electron chi connectivity index (χ0n) is 15.0. The van der Waals surface area contributed by atoms with Crippen molar-refractivity contribution in [2.24, 2.45) is 0 Å². The molecule has 0 saturated carbocycles. The Morgan fingerprint density at radius 2 is 1.92 bits per heavy atom. The van der Waals surface area contributed by atoms with E-state index in [0.29, 0.717) is 31.8 Å². The van der Waals surface area contributed by atoms with Crippen molar-refractivity contribution in [3.05, 3.63) is 30.1 Å². The summed E-state index contributed by atoms with van der Waals surface area (Å²) in [7, 11) is 1.90. The van der Waals surface area contributed by atoms with Crippen LogP contribution in [0.5, 0.6) is 5.75 Å². The number of halogens is 1. The number of amides is 2. The van der Waals surface area contributed by atoms with Crippen LogP contribution < -0.4 is 10.1 Å². The fourth-order valence-corrected chi connectivity index (χ4v) is 3.09. The van der Waals surface area contributed by atoms with E-state index in [1.54, 1.807) is 0 Å². The summed E-state index contributed by atoms with van der Waals surface area (Å²) < 4.78 is 18.2. The lowest BCUT2D eigenvalue weighted by atomic mass is 10.1. The molecule has 0 spiro atoms. The summed E-state index contributed by atoms with van der Waals surface area (Å²) in [5, 5.41) is 2.90. The van der Waals surface area contributed by atoms with E-state index in [4.69, 9.17) is 4.74 Å². The van der Waals surface area contributed by atoms with Crippen LogP contribution >= 0.6 is 0 Å². The molecular formula is C18H26FN3O3. The molecule has 1 saturated heterocycles. The minimum absolute atomic E-state index is 0.0844. The summed E-state index contributed by atoms with van der Waals surface area (Å²) in [6.45, 7) is 5.77. The predicted octanol–water partition coefficient (Wildman–Crippen LogP) is 1.26. The quantitative estimate of drug-likeness (QED) is 0.803. The minimum Gasteiger partial charge on any atom is -0.484 e. The van der Waals surface area contributed by atoms with Gasteiger partial charge in [-0.3, -0.25) is 14.5 Å². The molecule has 1 fully saturated rings. The van der Waals surface area contributed by atoms with Gasteiger partial charge in [0.05, 0.1) is 6.04 Å². The molecule has 1 heterocycles. The first kappa shape index (κ1) is 19.2. The minimum atomic E-state index is -0.352. The number of likely N-dealkylation sites (N-methyl/N-ethyl adjacent to an activating group) is 2. The zero-order valence-corrected chi connectivity index (χ0v) is 15.0. The Balaban J connectivity index is 1.81. The average molecular weight is 351 g/mol. The van der Waals surface area contributed by atoms with E-state index >= 15 is 0 Å². The second-order valence-corrected chi connectivity index (χ2v) is 6.21. The average Bonchev–Trinajstić information content (AvgIpc) is 2.95. The van der Waals surface area contributed by atoms with Gasteiger partial charge >= 0.3 is 0 Å². The van der Waals surface area contributed by atoms with Crippen molar-refractivity contribution >= 4 is 11.8 Å². The number of benzene rings is 1. The summed E-state index contributed by atoms with van der Waals surface area (Å²) >= 11 is 0. The van der Waals surface area contributed by atoms with Crippen molar-refractivity contribution in [1.29, 1.82) is 0 Å². The van der Waals surface area contributed by atoms with Crippen molar-refractivity contribution in [3.8, 4) is 5.75 Å². The molecule has 138 valence electrons. The standard InChI is InChI=1S/C18H26FN3O3/c1-4-22(5-2)18(24)16-10-14(11-21(16)3)20-17(23)12-25-15-8-6-13(19)7-9-15/h6-9,14,16H,4-5,10-12H2,1-3H3,(H,20,23)/t14-,16+/m1/s1. The summed E-state index contributed by atoms with van der Waals surface area (Å²) in [5.41, 5.74) is 0. The van der Waals surface area contributed by atoms with E-state index < -0.39 is 0 Å². The van der Waals surface area contributed by atoms with Gasteiger partial charge in [0.2, 0.25) is 5.91 Å². The number of hydrogen-bond acceptors (Lipinski definition) is 4.